The summed E-state index contributed by atoms with van der Waals surface area (Å²) in [5.41, 5.74) is 0.538. The predicted octanol–water partition coefficient (Wildman–Crippen LogP) is 3.60. The Balaban J connectivity index is 2.47. The van der Waals surface area contributed by atoms with Crippen molar-refractivity contribution >= 4 is 11.4 Å². The van der Waals surface area contributed by atoms with Crippen LogP contribution in [0.1, 0.15) is 5.56 Å². The van der Waals surface area contributed by atoms with Crippen molar-refractivity contribution < 1.29 is 8.78 Å². The fraction of sp³-hybridized carbons (Fsp3) is 0.0714. The first-order valence-electron chi connectivity index (χ1n) is 5.32. The second-order valence-electron chi connectivity index (χ2n) is 3.77. The van der Waals surface area contributed by atoms with Gasteiger partial charge in [0, 0.05) is 12.7 Å². The molecule has 0 aliphatic heterocycles. The van der Waals surface area contributed by atoms with Crippen LogP contribution in [-0.4, -0.2) is 7.05 Å². The molecule has 2 aromatic carbocycles. The number of para-hydroxylation sites is 1. The number of nitrogens with zero attached hydrogens (tertiary/aromatic N) is 2. The molecule has 0 fully saturated rings. The highest BCUT2D eigenvalue weighted by molar-refractivity contribution is 5.63. The van der Waals surface area contributed by atoms with Crippen LogP contribution in [-0.2, 0) is 0 Å². The van der Waals surface area contributed by atoms with Gasteiger partial charge >= 0.3 is 0 Å². The Morgan fingerprint density at radius 3 is 2.28 bits per heavy atom. The van der Waals surface area contributed by atoms with E-state index in [1.807, 2.05) is 18.2 Å². The first-order chi connectivity index (χ1) is 8.65. The molecular weight excluding hydrogens is 234 g/mol. The van der Waals surface area contributed by atoms with Crippen molar-refractivity contribution in [1.82, 2.24) is 0 Å². The first-order valence-corrected chi connectivity index (χ1v) is 5.32. The average Bonchev–Trinajstić information content (AvgIpc) is 2.42. The van der Waals surface area contributed by atoms with Gasteiger partial charge in [0.25, 0.3) is 0 Å². The molecule has 2 nitrogen and oxygen atoms in total. The smallest absolute Gasteiger partial charge is 0.183 e. The van der Waals surface area contributed by atoms with Gasteiger partial charge in [0.2, 0.25) is 0 Å². The summed E-state index contributed by atoms with van der Waals surface area (Å²) in [5, 5.41) is 8.62. The molecule has 0 aliphatic rings. The van der Waals surface area contributed by atoms with Crippen molar-refractivity contribution in [2.45, 2.75) is 0 Å². The lowest BCUT2D eigenvalue weighted by Gasteiger charge is -2.20. The van der Waals surface area contributed by atoms with Crippen LogP contribution >= 0.6 is 0 Å². The summed E-state index contributed by atoms with van der Waals surface area (Å²) in [6, 6.07) is 13.3. The third-order valence-electron chi connectivity index (χ3n) is 2.69. The maximum absolute atomic E-state index is 13.8. The first kappa shape index (κ1) is 12.1. The normalized spacial score (nSPS) is 9.89. The maximum atomic E-state index is 13.8. The highest BCUT2D eigenvalue weighted by Gasteiger charge is 2.16. The Hall–Kier alpha value is -2.41. The summed E-state index contributed by atoms with van der Waals surface area (Å²) in [4.78, 5) is 1.53. The van der Waals surface area contributed by atoms with Gasteiger partial charge in [-0.15, -0.1) is 0 Å². The Labute approximate surface area is 104 Å². The molecule has 2 rings (SSSR count). The number of benzene rings is 2. The van der Waals surface area contributed by atoms with E-state index in [9.17, 15) is 8.78 Å². The SMILES string of the molecule is CN(c1ccccc1)c1ccc(C#N)c(F)c1F. The Morgan fingerprint density at radius 2 is 1.67 bits per heavy atom. The van der Waals surface area contributed by atoms with E-state index in [2.05, 4.69) is 0 Å². The van der Waals surface area contributed by atoms with Crippen molar-refractivity contribution in [1.29, 1.82) is 5.26 Å². The number of hydrogen-bond donors (Lipinski definition) is 0. The second-order valence-corrected chi connectivity index (χ2v) is 3.77. The van der Waals surface area contributed by atoms with E-state index in [0.717, 1.165) is 5.69 Å². The predicted molar refractivity (Wildman–Crippen MR) is 65.6 cm³/mol. The zero-order chi connectivity index (χ0) is 13.1. The monoisotopic (exact) mass is 244 g/mol. The van der Waals surface area contributed by atoms with Gasteiger partial charge in [-0.05, 0) is 24.3 Å². The van der Waals surface area contributed by atoms with E-state index in [1.165, 1.54) is 17.0 Å². The van der Waals surface area contributed by atoms with Crippen LogP contribution in [0.2, 0.25) is 0 Å². The van der Waals surface area contributed by atoms with Gasteiger partial charge < -0.3 is 4.90 Å². The molecule has 0 unspecified atom stereocenters. The number of nitriles is 1. The topological polar surface area (TPSA) is 27.0 Å². The summed E-state index contributed by atoms with van der Waals surface area (Å²) in [7, 11) is 1.64. The molecule has 0 heterocycles. The van der Waals surface area contributed by atoms with Gasteiger partial charge in [0.1, 0.15) is 6.07 Å². The molecule has 0 aliphatic carbocycles. The summed E-state index contributed by atoms with van der Waals surface area (Å²) in [5.74, 6) is -2.13. The molecule has 0 bridgehead atoms. The molecule has 0 radical (unpaired) electrons. The largest absolute Gasteiger partial charge is 0.342 e. The molecule has 0 N–H and O–H groups in total. The molecule has 0 atom stereocenters. The minimum atomic E-state index is -1.11. The maximum Gasteiger partial charge on any atom is 0.183 e. The zero-order valence-electron chi connectivity index (χ0n) is 9.69. The van der Waals surface area contributed by atoms with Gasteiger partial charge in [-0.2, -0.15) is 5.26 Å². The highest BCUT2D eigenvalue weighted by Crippen LogP contribution is 2.28. The summed E-state index contributed by atoms with van der Waals surface area (Å²) < 4.78 is 27.3. The Kier molecular flexibility index (Phi) is 3.24. The molecule has 2 aromatic rings. The molecule has 4 heteroatoms. The number of rotatable bonds is 2. The third-order valence-corrected chi connectivity index (χ3v) is 2.69. The molecule has 0 saturated heterocycles. The van der Waals surface area contributed by atoms with Gasteiger partial charge in [0.05, 0.1) is 11.3 Å². The van der Waals surface area contributed by atoms with E-state index in [1.54, 1.807) is 25.2 Å². The minimum Gasteiger partial charge on any atom is -0.342 e. The summed E-state index contributed by atoms with van der Waals surface area (Å²) in [6.45, 7) is 0. The quantitative estimate of drug-likeness (QED) is 0.807. The van der Waals surface area contributed by atoms with Gasteiger partial charge in [-0.25, -0.2) is 8.78 Å². The van der Waals surface area contributed by atoms with Crippen molar-refractivity contribution in [3.8, 4) is 6.07 Å². The van der Waals surface area contributed by atoms with Crippen LogP contribution in [0, 0.1) is 23.0 Å². The van der Waals surface area contributed by atoms with Crippen LogP contribution < -0.4 is 4.90 Å². The van der Waals surface area contributed by atoms with Crippen molar-refractivity contribution in [3.05, 3.63) is 59.7 Å². The summed E-state index contributed by atoms with van der Waals surface area (Å²) in [6.07, 6.45) is 0. The van der Waals surface area contributed by atoms with E-state index in [4.69, 9.17) is 5.26 Å². The standard InChI is InChI=1S/C14H10F2N2/c1-18(11-5-3-2-4-6-11)12-8-7-10(9-17)13(15)14(12)16/h2-8H,1H3. The number of halogens is 2. The van der Waals surface area contributed by atoms with E-state index in [0.29, 0.717) is 0 Å². The fourth-order valence-corrected chi connectivity index (χ4v) is 1.68. The zero-order valence-corrected chi connectivity index (χ0v) is 9.69. The van der Waals surface area contributed by atoms with Gasteiger partial charge in [-0.1, -0.05) is 18.2 Å². The van der Waals surface area contributed by atoms with Crippen molar-refractivity contribution in [3.63, 3.8) is 0 Å². The van der Waals surface area contributed by atoms with E-state index >= 15 is 0 Å². The third kappa shape index (κ3) is 2.03. The van der Waals surface area contributed by atoms with E-state index < -0.39 is 11.6 Å². The highest BCUT2D eigenvalue weighted by atomic mass is 19.2. The van der Waals surface area contributed by atoms with Crippen LogP contribution in [0.3, 0.4) is 0 Å². The molecule has 0 aromatic heterocycles. The van der Waals surface area contributed by atoms with Crippen LogP contribution in [0.25, 0.3) is 0 Å². The van der Waals surface area contributed by atoms with Crippen LogP contribution in [0.15, 0.2) is 42.5 Å². The number of anilines is 2. The molecule has 0 amide bonds. The second kappa shape index (κ2) is 4.84. The average molecular weight is 244 g/mol. The molecule has 0 spiro atoms. The number of hydrogen-bond acceptors (Lipinski definition) is 2. The van der Waals surface area contributed by atoms with Crippen LogP contribution in [0.5, 0.6) is 0 Å². The Bertz CT molecular complexity index is 603. The lowest BCUT2D eigenvalue weighted by molar-refractivity contribution is 0.507. The lowest BCUT2D eigenvalue weighted by atomic mass is 10.1. The van der Waals surface area contributed by atoms with Gasteiger partial charge in [0.15, 0.2) is 11.6 Å². The lowest BCUT2D eigenvalue weighted by Crippen LogP contribution is -2.12. The van der Waals surface area contributed by atoms with Crippen molar-refractivity contribution in [2.24, 2.45) is 0 Å². The van der Waals surface area contributed by atoms with Crippen molar-refractivity contribution in [2.75, 3.05) is 11.9 Å². The van der Waals surface area contributed by atoms with Crippen LogP contribution in [0.4, 0.5) is 20.2 Å². The van der Waals surface area contributed by atoms with E-state index in [-0.39, 0.29) is 11.3 Å². The Morgan fingerprint density at radius 1 is 1.00 bits per heavy atom. The molecule has 0 saturated carbocycles. The van der Waals surface area contributed by atoms with Gasteiger partial charge in [-0.3, -0.25) is 0 Å². The summed E-state index contributed by atoms with van der Waals surface area (Å²) >= 11 is 0. The molecular formula is C14H10F2N2. The molecule has 18 heavy (non-hydrogen) atoms. The fourth-order valence-electron chi connectivity index (χ4n) is 1.68. The minimum absolute atomic E-state index is 0.0951. The molecule has 90 valence electrons.